The Kier molecular flexibility index (Phi) is 5.58. The second-order valence-electron chi connectivity index (χ2n) is 7.35. The Balaban J connectivity index is 1.22. The maximum atomic E-state index is 12.0. The predicted molar refractivity (Wildman–Crippen MR) is 107 cm³/mol. The van der Waals surface area contributed by atoms with E-state index in [-0.39, 0.29) is 11.8 Å². The number of carbonyl (C=O) groups is 1. The van der Waals surface area contributed by atoms with Gasteiger partial charge in [0, 0.05) is 25.7 Å². The van der Waals surface area contributed by atoms with Crippen LogP contribution in [0.2, 0.25) is 10.0 Å². The zero-order valence-corrected chi connectivity index (χ0v) is 16.5. The SMILES string of the molecule is O=C(NC1CC1)C1CN(Cc2ccc(OCc3ccc(Cl)c(Cl)c3)cc2)C1. The van der Waals surface area contributed by atoms with Gasteiger partial charge in [-0.05, 0) is 48.2 Å². The van der Waals surface area contributed by atoms with Crippen LogP contribution in [0.3, 0.4) is 0 Å². The number of hydrogen-bond donors (Lipinski definition) is 1. The summed E-state index contributed by atoms with van der Waals surface area (Å²) in [5, 5.41) is 4.16. The van der Waals surface area contributed by atoms with Crippen molar-refractivity contribution in [3.63, 3.8) is 0 Å². The zero-order chi connectivity index (χ0) is 18.8. The summed E-state index contributed by atoms with van der Waals surface area (Å²) in [6.07, 6.45) is 2.28. The third-order valence-corrected chi connectivity index (χ3v) is 5.71. The summed E-state index contributed by atoms with van der Waals surface area (Å²) in [7, 11) is 0. The molecule has 1 heterocycles. The number of hydrogen-bond acceptors (Lipinski definition) is 3. The molecule has 0 unspecified atom stereocenters. The highest BCUT2D eigenvalue weighted by molar-refractivity contribution is 6.42. The molecule has 0 spiro atoms. The third kappa shape index (κ3) is 4.95. The number of carbonyl (C=O) groups excluding carboxylic acids is 1. The average molecular weight is 405 g/mol. The van der Waals surface area contributed by atoms with Crippen molar-refractivity contribution in [3.8, 4) is 5.75 Å². The number of nitrogens with one attached hydrogen (secondary N) is 1. The lowest BCUT2D eigenvalue weighted by atomic mass is 9.98. The van der Waals surface area contributed by atoms with Gasteiger partial charge in [-0.2, -0.15) is 0 Å². The summed E-state index contributed by atoms with van der Waals surface area (Å²) in [4.78, 5) is 14.3. The van der Waals surface area contributed by atoms with Crippen molar-refractivity contribution in [3.05, 3.63) is 63.6 Å². The van der Waals surface area contributed by atoms with Gasteiger partial charge in [0.25, 0.3) is 0 Å². The van der Waals surface area contributed by atoms with Crippen LogP contribution in [0.25, 0.3) is 0 Å². The van der Waals surface area contributed by atoms with E-state index in [4.69, 9.17) is 27.9 Å². The molecular weight excluding hydrogens is 383 g/mol. The fourth-order valence-corrected chi connectivity index (χ4v) is 3.48. The molecule has 27 heavy (non-hydrogen) atoms. The Morgan fingerprint density at radius 2 is 1.74 bits per heavy atom. The molecule has 1 saturated carbocycles. The van der Waals surface area contributed by atoms with Gasteiger partial charge < -0.3 is 10.1 Å². The minimum atomic E-state index is 0.152. The Labute approximate surface area is 169 Å². The topological polar surface area (TPSA) is 41.6 Å². The number of amides is 1. The third-order valence-electron chi connectivity index (χ3n) is 4.97. The lowest BCUT2D eigenvalue weighted by Crippen LogP contribution is -2.53. The van der Waals surface area contributed by atoms with Gasteiger partial charge in [-0.15, -0.1) is 0 Å². The lowest BCUT2D eigenvalue weighted by Gasteiger charge is -2.38. The van der Waals surface area contributed by atoms with E-state index in [1.165, 1.54) is 5.56 Å². The Bertz CT molecular complexity index is 815. The minimum Gasteiger partial charge on any atom is -0.489 e. The van der Waals surface area contributed by atoms with Crippen LogP contribution in [0, 0.1) is 5.92 Å². The monoisotopic (exact) mass is 404 g/mol. The van der Waals surface area contributed by atoms with Crippen LogP contribution < -0.4 is 10.1 Å². The minimum absolute atomic E-state index is 0.152. The Morgan fingerprint density at radius 1 is 1.04 bits per heavy atom. The van der Waals surface area contributed by atoms with Crippen LogP contribution in [0.15, 0.2) is 42.5 Å². The first-order valence-corrected chi connectivity index (χ1v) is 10.0. The van der Waals surface area contributed by atoms with Crippen molar-refractivity contribution in [2.75, 3.05) is 13.1 Å². The second-order valence-corrected chi connectivity index (χ2v) is 8.17. The molecule has 1 saturated heterocycles. The average Bonchev–Trinajstić information content (AvgIpc) is 3.43. The van der Waals surface area contributed by atoms with E-state index in [1.807, 2.05) is 24.3 Å². The number of rotatable bonds is 7. The van der Waals surface area contributed by atoms with E-state index >= 15 is 0 Å². The summed E-state index contributed by atoms with van der Waals surface area (Å²) in [6, 6.07) is 14.0. The first-order valence-electron chi connectivity index (χ1n) is 9.25. The Morgan fingerprint density at radius 3 is 2.41 bits per heavy atom. The molecular formula is C21H22Cl2N2O2. The molecule has 1 aliphatic heterocycles. The van der Waals surface area contributed by atoms with Gasteiger partial charge >= 0.3 is 0 Å². The van der Waals surface area contributed by atoms with Gasteiger partial charge in [-0.3, -0.25) is 9.69 Å². The molecule has 2 aromatic rings. The highest BCUT2D eigenvalue weighted by Crippen LogP contribution is 2.25. The second kappa shape index (κ2) is 8.09. The summed E-state index contributed by atoms with van der Waals surface area (Å²) in [6.45, 7) is 2.99. The van der Waals surface area contributed by atoms with Crippen LogP contribution >= 0.6 is 23.2 Å². The largest absolute Gasteiger partial charge is 0.489 e. The molecule has 0 aromatic heterocycles. The molecule has 142 valence electrons. The van der Waals surface area contributed by atoms with Crippen molar-refractivity contribution >= 4 is 29.1 Å². The van der Waals surface area contributed by atoms with E-state index in [1.54, 1.807) is 6.07 Å². The normalized spacial score (nSPS) is 17.4. The summed E-state index contributed by atoms with van der Waals surface area (Å²) >= 11 is 11.9. The van der Waals surface area contributed by atoms with Crippen LogP contribution in [0.1, 0.15) is 24.0 Å². The molecule has 1 N–H and O–H groups in total. The standard InChI is InChI=1S/C21H22Cl2N2O2/c22-19-8-3-15(9-20(19)23)13-27-18-6-1-14(2-7-18)10-25-11-16(12-25)21(26)24-17-4-5-17/h1-3,6-9,16-17H,4-5,10-13H2,(H,24,26). The molecule has 0 radical (unpaired) electrons. The van der Waals surface area contributed by atoms with Crippen LogP contribution in [-0.2, 0) is 17.9 Å². The van der Waals surface area contributed by atoms with E-state index in [2.05, 4.69) is 22.3 Å². The summed E-state index contributed by atoms with van der Waals surface area (Å²) in [5.41, 5.74) is 2.20. The van der Waals surface area contributed by atoms with Crippen molar-refractivity contribution < 1.29 is 9.53 Å². The number of benzene rings is 2. The van der Waals surface area contributed by atoms with Crippen molar-refractivity contribution in [2.24, 2.45) is 5.92 Å². The molecule has 0 atom stereocenters. The van der Waals surface area contributed by atoms with Crippen LogP contribution in [0.4, 0.5) is 0 Å². The number of nitrogens with zero attached hydrogens (tertiary/aromatic N) is 1. The number of ether oxygens (including phenoxy) is 1. The molecule has 1 amide bonds. The van der Waals surface area contributed by atoms with Crippen molar-refractivity contribution in [2.45, 2.75) is 32.0 Å². The van der Waals surface area contributed by atoms with Crippen molar-refractivity contribution in [1.82, 2.24) is 10.2 Å². The molecule has 2 aliphatic rings. The first kappa shape index (κ1) is 18.6. The molecule has 6 heteroatoms. The molecule has 2 aromatic carbocycles. The van der Waals surface area contributed by atoms with E-state index in [0.29, 0.717) is 22.7 Å². The molecule has 4 nitrogen and oxygen atoms in total. The van der Waals surface area contributed by atoms with Gasteiger partial charge in [-0.25, -0.2) is 0 Å². The van der Waals surface area contributed by atoms with E-state index in [0.717, 1.165) is 43.8 Å². The molecule has 2 fully saturated rings. The molecule has 1 aliphatic carbocycles. The lowest BCUT2D eigenvalue weighted by molar-refractivity contribution is -0.130. The van der Waals surface area contributed by atoms with Crippen LogP contribution in [-0.4, -0.2) is 29.9 Å². The van der Waals surface area contributed by atoms with E-state index in [9.17, 15) is 4.79 Å². The van der Waals surface area contributed by atoms with Crippen LogP contribution in [0.5, 0.6) is 5.75 Å². The molecule has 0 bridgehead atoms. The van der Waals surface area contributed by atoms with Gasteiger partial charge in [0.2, 0.25) is 5.91 Å². The summed E-state index contributed by atoms with van der Waals surface area (Å²) < 4.78 is 5.81. The predicted octanol–water partition coefficient (Wildman–Crippen LogP) is 4.28. The van der Waals surface area contributed by atoms with Gasteiger partial charge in [0.15, 0.2) is 0 Å². The van der Waals surface area contributed by atoms with E-state index < -0.39 is 0 Å². The maximum absolute atomic E-state index is 12.0. The quantitative estimate of drug-likeness (QED) is 0.748. The fraction of sp³-hybridized carbons (Fsp3) is 0.381. The smallest absolute Gasteiger partial charge is 0.225 e. The maximum Gasteiger partial charge on any atom is 0.225 e. The highest BCUT2D eigenvalue weighted by atomic mass is 35.5. The van der Waals surface area contributed by atoms with Crippen molar-refractivity contribution in [1.29, 1.82) is 0 Å². The number of likely N-dealkylation sites (tertiary alicyclic amines) is 1. The van der Waals surface area contributed by atoms with Gasteiger partial charge in [-0.1, -0.05) is 41.4 Å². The molecule has 4 rings (SSSR count). The fourth-order valence-electron chi connectivity index (χ4n) is 3.16. The first-order chi connectivity index (χ1) is 13.1. The van der Waals surface area contributed by atoms with Gasteiger partial charge in [0.1, 0.15) is 12.4 Å². The summed E-state index contributed by atoms with van der Waals surface area (Å²) in [5.74, 6) is 1.19. The highest BCUT2D eigenvalue weighted by Gasteiger charge is 2.35. The number of halogens is 2. The van der Waals surface area contributed by atoms with Gasteiger partial charge in [0.05, 0.1) is 16.0 Å². The Hall–Kier alpha value is -1.75. The zero-order valence-electron chi connectivity index (χ0n) is 15.0.